The molecule has 1 aromatic rings. The maximum atomic E-state index is 11.8. The number of hydrogen-bond acceptors (Lipinski definition) is 2. The molecule has 0 aromatic heterocycles. The number of unbranched alkanes of at least 4 members (excludes halogenated alkanes) is 4. The van der Waals surface area contributed by atoms with Crippen LogP contribution in [0.1, 0.15) is 62.2 Å². The summed E-state index contributed by atoms with van der Waals surface area (Å²) in [7, 11) is 0. The second kappa shape index (κ2) is 7.93. The summed E-state index contributed by atoms with van der Waals surface area (Å²) in [4.78, 5) is 11.8. The van der Waals surface area contributed by atoms with Crippen LogP contribution in [0.15, 0.2) is 24.3 Å². The molecule has 0 aliphatic heterocycles. The molecule has 0 heterocycles. The van der Waals surface area contributed by atoms with E-state index in [2.05, 4.69) is 17.6 Å². The molecular formula is C17H26N2O. The Balaban J connectivity index is 1.66. The second-order valence-corrected chi connectivity index (χ2v) is 5.67. The van der Waals surface area contributed by atoms with E-state index in [-0.39, 0.29) is 5.91 Å². The summed E-state index contributed by atoms with van der Waals surface area (Å²) in [6.07, 6.45) is 8.72. The van der Waals surface area contributed by atoms with Gasteiger partial charge in [-0.2, -0.15) is 0 Å². The van der Waals surface area contributed by atoms with Crippen molar-refractivity contribution in [2.75, 3.05) is 11.9 Å². The fourth-order valence-electron chi connectivity index (χ4n) is 2.20. The monoisotopic (exact) mass is 274 g/mol. The molecule has 3 heteroatoms. The van der Waals surface area contributed by atoms with Gasteiger partial charge in [0.1, 0.15) is 0 Å². The van der Waals surface area contributed by atoms with Crippen LogP contribution in [0.25, 0.3) is 0 Å². The van der Waals surface area contributed by atoms with Crippen LogP contribution in [0, 0.1) is 0 Å². The van der Waals surface area contributed by atoms with Crippen LogP contribution in [0.3, 0.4) is 0 Å². The number of carbonyl (C=O) groups excluding carboxylic acids is 1. The molecule has 0 bridgehead atoms. The fourth-order valence-corrected chi connectivity index (χ4v) is 2.20. The van der Waals surface area contributed by atoms with Crippen LogP contribution in [0.2, 0.25) is 0 Å². The van der Waals surface area contributed by atoms with Gasteiger partial charge in [0.2, 0.25) is 0 Å². The number of benzene rings is 1. The van der Waals surface area contributed by atoms with Crippen LogP contribution in [-0.4, -0.2) is 18.5 Å². The Morgan fingerprint density at radius 1 is 1.10 bits per heavy atom. The maximum absolute atomic E-state index is 11.8. The normalized spacial score (nSPS) is 14.1. The number of hydrogen-bond donors (Lipinski definition) is 2. The topological polar surface area (TPSA) is 41.1 Å². The first-order valence-corrected chi connectivity index (χ1v) is 7.94. The van der Waals surface area contributed by atoms with E-state index in [1.807, 2.05) is 24.3 Å². The van der Waals surface area contributed by atoms with Crippen molar-refractivity contribution < 1.29 is 4.79 Å². The lowest BCUT2D eigenvalue weighted by molar-refractivity contribution is 0.0951. The molecule has 0 saturated heterocycles. The second-order valence-electron chi connectivity index (χ2n) is 5.67. The zero-order valence-corrected chi connectivity index (χ0v) is 12.5. The first kappa shape index (κ1) is 14.9. The van der Waals surface area contributed by atoms with Crippen molar-refractivity contribution in [1.82, 2.24) is 5.32 Å². The third kappa shape index (κ3) is 5.24. The van der Waals surface area contributed by atoms with E-state index < -0.39 is 0 Å². The Morgan fingerprint density at radius 2 is 1.80 bits per heavy atom. The minimum Gasteiger partial charge on any atom is -0.385 e. The van der Waals surface area contributed by atoms with Crippen molar-refractivity contribution in [3.63, 3.8) is 0 Å². The van der Waals surface area contributed by atoms with Crippen molar-refractivity contribution in [3.8, 4) is 0 Å². The van der Waals surface area contributed by atoms with Gasteiger partial charge in [-0.15, -0.1) is 0 Å². The third-order valence-electron chi connectivity index (χ3n) is 3.67. The zero-order valence-electron chi connectivity index (χ0n) is 12.5. The molecular weight excluding hydrogens is 248 g/mol. The standard InChI is InChI=1S/C17H26N2O/c1-2-3-4-5-6-13-18-15-9-7-14(8-10-15)17(20)19-16-11-12-16/h7-10,16,18H,2-6,11-13H2,1H3,(H,19,20). The highest BCUT2D eigenvalue weighted by Gasteiger charge is 2.23. The van der Waals surface area contributed by atoms with E-state index >= 15 is 0 Å². The van der Waals surface area contributed by atoms with Crippen molar-refractivity contribution in [1.29, 1.82) is 0 Å². The Morgan fingerprint density at radius 3 is 2.45 bits per heavy atom. The Labute approximate surface area is 122 Å². The van der Waals surface area contributed by atoms with Gasteiger partial charge in [-0.25, -0.2) is 0 Å². The van der Waals surface area contributed by atoms with Gasteiger partial charge in [0.25, 0.3) is 5.91 Å². The van der Waals surface area contributed by atoms with Crippen molar-refractivity contribution in [3.05, 3.63) is 29.8 Å². The number of rotatable bonds is 9. The number of anilines is 1. The predicted octanol–water partition coefficient (Wildman–Crippen LogP) is 3.96. The highest BCUT2D eigenvalue weighted by atomic mass is 16.1. The molecule has 1 saturated carbocycles. The molecule has 110 valence electrons. The molecule has 0 spiro atoms. The maximum Gasteiger partial charge on any atom is 0.251 e. The highest BCUT2D eigenvalue weighted by molar-refractivity contribution is 5.94. The van der Waals surface area contributed by atoms with Gasteiger partial charge >= 0.3 is 0 Å². The van der Waals surface area contributed by atoms with E-state index in [4.69, 9.17) is 0 Å². The van der Waals surface area contributed by atoms with Gasteiger partial charge in [-0.1, -0.05) is 32.6 Å². The summed E-state index contributed by atoms with van der Waals surface area (Å²) in [5, 5.41) is 6.41. The molecule has 0 radical (unpaired) electrons. The van der Waals surface area contributed by atoms with Crippen molar-refractivity contribution in [2.24, 2.45) is 0 Å². The molecule has 0 atom stereocenters. The largest absolute Gasteiger partial charge is 0.385 e. The van der Waals surface area contributed by atoms with Crippen LogP contribution >= 0.6 is 0 Å². The number of amides is 1. The molecule has 3 nitrogen and oxygen atoms in total. The van der Waals surface area contributed by atoms with Crippen molar-refractivity contribution >= 4 is 11.6 Å². The summed E-state index contributed by atoms with van der Waals surface area (Å²) in [6, 6.07) is 8.21. The van der Waals surface area contributed by atoms with Gasteiger partial charge in [0.15, 0.2) is 0 Å². The SMILES string of the molecule is CCCCCCCNc1ccc(C(=O)NC2CC2)cc1. The Kier molecular flexibility index (Phi) is 5.90. The summed E-state index contributed by atoms with van der Waals surface area (Å²) < 4.78 is 0. The van der Waals surface area contributed by atoms with Gasteiger partial charge in [0.05, 0.1) is 0 Å². The summed E-state index contributed by atoms with van der Waals surface area (Å²) in [5.41, 5.74) is 1.86. The quantitative estimate of drug-likeness (QED) is 0.669. The minimum atomic E-state index is 0.0543. The van der Waals surface area contributed by atoms with E-state index in [0.717, 1.165) is 30.6 Å². The van der Waals surface area contributed by atoms with Gasteiger partial charge in [0, 0.05) is 23.8 Å². The molecule has 2 N–H and O–H groups in total. The van der Waals surface area contributed by atoms with Gasteiger partial charge in [-0.05, 0) is 43.5 Å². The zero-order chi connectivity index (χ0) is 14.2. The van der Waals surface area contributed by atoms with Gasteiger partial charge < -0.3 is 10.6 Å². The molecule has 1 amide bonds. The van der Waals surface area contributed by atoms with E-state index in [1.165, 1.54) is 32.1 Å². The summed E-state index contributed by atoms with van der Waals surface area (Å²) >= 11 is 0. The lowest BCUT2D eigenvalue weighted by atomic mass is 10.1. The fraction of sp³-hybridized carbons (Fsp3) is 0.588. The van der Waals surface area contributed by atoms with Crippen LogP contribution in [0.5, 0.6) is 0 Å². The number of carbonyl (C=O) groups is 1. The lowest BCUT2D eigenvalue weighted by Gasteiger charge is -2.08. The molecule has 20 heavy (non-hydrogen) atoms. The molecule has 1 fully saturated rings. The number of nitrogens with one attached hydrogen (secondary N) is 2. The minimum absolute atomic E-state index is 0.0543. The average Bonchev–Trinajstić information content (AvgIpc) is 3.27. The molecule has 1 aromatic carbocycles. The summed E-state index contributed by atoms with van der Waals surface area (Å²) in [5.74, 6) is 0.0543. The third-order valence-corrected chi connectivity index (χ3v) is 3.67. The molecule has 2 rings (SSSR count). The predicted molar refractivity (Wildman–Crippen MR) is 84.2 cm³/mol. The first-order chi connectivity index (χ1) is 9.79. The summed E-state index contributed by atoms with van der Waals surface area (Å²) in [6.45, 7) is 3.25. The van der Waals surface area contributed by atoms with Crippen LogP contribution in [-0.2, 0) is 0 Å². The average molecular weight is 274 g/mol. The molecule has 1 aliphatic rings. The Hall–Kier alpha value is -1.51. The van der Waals surface area contributed by atoms with E-state index in [0.29, 0.717) is 6.04 Å². The smallest absolute Gasteiger partial charge is 0.251 e. The first-order valence-electron chi connectivity index (χ1n) is 7.94. The molecule has 0 unspecified atom stereocenters. The highest BCUT2D eigenvalue weighted by Crippen LogP contribution is 2.19. The van der Waals surface area contributed by atoms with E-state index in [1.54, 1.807) is 0 Å². The van der Waals surface area contributed by atoms with Crippen LogP contribution in [0.4, 0.5) is 5.69 Å². The Bertz CT molecular complexity index is 410. The van der Waals surface area contributed by atoms with Crippen molar-refractivity contribution in [2.45, 2.75) is 57.9 Å². The van der Waals surface area contributed by atoms with E-state index in [9.17, 15) is 4.79 Å². The lowest BCUT2D eigenvalue weighted by Crippen LogP contribution is -2.25. The van der Waals surface area contributed by atoms with Crippen LogP contribution < -0.4 is 10.6 Å². The molecule has 1 aliphatic carbocycles. The van der Waals surface area contributed by atoms with Gasteiger partial charge in [-0.3, -0.25) is 4.79 Å².